The van der Waals surface area contributed by atoms with Gasteiger partial charge in [0.1, 0.15) is 0 Å². The molecule has 0 aromatic heterocycles. The van der Waals surface area contributed by atoms with Crippen LogP contribution in [0.15, 0.2) is 23.9 Å². The fourth-order valence-electron chi connectivity index (χ4n) is 1.35. The third kappa shape index (κ3) is 8.56. The van der Waals surface area contributed by atoms with Crippen LogP contribution in [-0.4, -0.2) is 6.54 Å². The van der Waals surface area contributed by atoms with Crippen molar-refractivity contribution in [3.05, 3.63) is 23.9 Å². The van der Waals surface area contributed by atoms with Crippen molar-refractivity contribution >= 4 is 0 Å². The summed E-state index contributed by atoms with van der Waals surface area (Å²) in [6, 6.07) is 2.30. The summed E-state index contributed by atoms with van der Waals surface area (Å²) in [6.07, 6.45) is 6.81. The van der Waals surface area contributed by atoms with Gasteiger partial charge in [-0.05, 0) is 38.3 Å². The minimum atomic E-state index is 0.000530. The highest BCUT2D eigenvalue weighted by atomic mass is 14.8. The van der Waals surface area contributed by atoms with Gasteiger partial charge >= 0.3 is 0 Å². The molecule has 17 heavy (non-hydrogen) atoms. The zero-order valence-corrected chi connectivity index (χ0v) is 11.8. The van der Waals surface area contributed by atoms with E-state index < -0.39 is 0 Å². The number of hydrogen-bond acceptors (Lipinski definition) is 2. The minimum absolute atomic E-state index is 0.000530. The Bertz CT molecular complexity index is 291. The minimum Gasteiger partial charge on any atom is -0.391 e. The van der Waals surface area contributed by atoms with Crippen LogP contribution in [0.25, 0.3) is 0 Å². The summed E-state index contributed by atoms with van der Waals surface area (Å²) in [6.45, 7) is 11.8. The summed E-state index contributed by atoms with van der Waals surface area (Å²) in [5.41, 5.74) is 1.20. The van der Waals surface area contributed by atoms with Crippen LogP contribution in [0, 0.1) is 29.1 Å². The van der Waals surface area contributed by atoms with Crippen LogP contribution in [0.3, 0.4) is 0 Å². The lowest BCUT2D eigenvalue weighted by molar-refractivity contribution is 0.410. The number of rotatable bonds is 7. The topological polar surface area (TPSA) is 35.8 Å². The highest BCUT2D eigenvalue weighted by Gasteiger charge is 2.04. The second kappa shape index (κ2) is 8.87. The van der Waals surface area contributed by atoms with Crippen molar-refractivity contribution in [1.29, 1.82) is 5.26 Å². The van der Waals surface area contributed by atoms with Gasteiger partial charge in [-0.3, -0.25) is 0 Å². The summed E-state index contributed by atoms with van der Waals surface area (Å²) >= 11 is 0. The Balaban J connectivity index is 3.88. The lowest BCUT2D eigenvalue weighted by Crippen LogP contribution is -2.19. The van der Waals surface area contributed by atoms with E-state index in [4.69, 9.17) is 5.26 Å². The molecule has 0 rings (SSSR count). The normalized spacial score (nSPS) is 14.4. The van der Waals surface area contributed by atoms with Gasteiger partial charge in [-0.1, -0.05) is 38.5 Å². The molecule has 0 aliphatic heterocycles. The molecular formula is C15H26N2. The molecule has 0 aromatic carbocycles. The van der Waals surface area contributed by atoms with Crippen molar-refractivity contribution < 1.29 is 0 Å². The first-order chi connectivity index (χ1) is 7.97. The maximum Gasteiger partial charge on any atom is 0.0700 e. The van der Waals surface area contributed by atoms with Crippen LogP contribution in [-0.2, 0) is 0 Å². The van der Waals surface area contributed by atoms with Gasteiger partial charge in [0, 0.05) is 6.54 Å². The van der Waals surface area contributed by atoms with Gasteiger partial charge in [0.15, 0.2) is 0 Å². The third-order valence-corrected chi connectivity index (χ3v) is 2.90. The van der Waals surface area contributed by atoms with Gasteiger partial charge in [-0.25, -0.2) is 0 Å². The molecule has 1 N–H and O–H groups in total. The van der Waals surface area contributed by atoms with Crippen LogP contribution < -0.4 is 5.32 Å². The molecule has 0 fully saturated rings. The molecule has 96 valence electrons. The van der Waals surface area contributed by atoms with Gasteiger partial charge in [-0.2, -0.15) is 5.26 Å². The molecule has 2 nitrogen and oxygen atoms in total. The Hall–Kier alpha value is -1.23. The summed E-state index contributed by atoms with van der Waals surface area (Å²) in [7, 11) is 0. The first kappa shape index (κ1) is 15.8. The van der Waals surface area contributed by atoms with Crippen LogP contribution in [0.4, 0.5) is 0 Å². The maximum atomic E-state index is 8.94. The summed E-state index contributed by atoms with van der Waals surface area (Å²) < 4.78 is 0. The molecule has 0 spiro atoms. The van der Waals surface area contributed by atoms with E-state index in [1.807, 2.05) is 32.2 Å². The van der Waals surface area contributed by atoms with E-state index in [0.29, 0.717) is 11.8 Å². The molecule has 0 saturated heterocycles. The van der Waals surface area contributed by atoms with Crippen LogP contribution in [0.2, 0.25) is 0 Å². The van der Waals surface area contributed by atoms with Crippen molar-refractivity contribution in [3.63, 3.8) is 0 Å². The van der Waals surface area contributed by atoms with Crippen molar-refractivity contribution in [3.8, 4) is 6.07 Å². The van der Waals surface area contributed by atoms with E-state index in [1.54, 1.807) is 0 Å². The molecule has 2 heteroatoms. The number of allylic oxidation sites excluding steroid dienone is 3. The Kier molecular flexibility index (Phi) is 8.23. The van der Waals surface area contributed by atoms with Crippen molar-refractivity contribution in [2.75, 3.05) is 6.54 Å². The van der Waals surface area contributed by atoms with Gasteiger partial charge in [0.2, 0.25) is 0 Å². The molecule has 0 amide bonds. The molecule has 0 aliphatic rings. The van der Waals surface area contributed by atoms with Crippen molar-refractivity contribution in [2.45, 2.75) is 41.0 Å². The van der Waals surface area contributed by atoms with E-state index in [-0.39, 0.29) is 5.92 Å². The van der Waals surface area contributed by atoms with E-state index >= 15 is 0 Å². The molecular weight excluding hydrogens is 208 g/mol. The van der Waals surface area contributed by atoms with Gasteiger partial charge in [-0.15, -0.1) is 0 Å². The highest BCUT2D eigenvalue weighted by molar-refractivity contribution is 5.07. The molecule has 0 bridgehead atoms. The average Bonchev–Trinajstić information content (AvgIpc) is 2.25. The van der Waals surface area contributed by atoms with E-state index in [0.717, 1.165) is 13.0 Å². The Morgan fingerprint density at radius 2 is 1.94 bits per heavy atom. The predicted octanol–water partition coefficient (Wildman–Crippen LogP) is 3.88. The molecule has 2 atom stereocenters. The Morgan fingerprint density at radius 3 is 2.41 bits per heavy atom. The Labute approximate surface area is 106 Å². The second-order valence-corrected chi connectivity index (χ2v) is 5.25. The van der Waals surface area contributed by atoms with Crippen LogP contribution in [0.5, 0.6) is 0 Å². The molecule has 0 radical (unpaired) electrons. The summed E-state index contributed by atoms with van der Waals surface area (Å²) in [4.78, 5) is 0. The van der Waals surface area contributed by atoms with Crippen molar-refractivity contribution in [2.24, 2.45) is 17.8 Å². The molecule has 0 saturated carbocycles. The lowest BCUT2D eigenvalue weighted by atomic mass is 9.98. The third-order valence-electron chi connectivity index (χ3n) is 2.90. The fraction of sp³-hybridized carbons (Fsp3) is 0.667. The van der Waals surface area contributed by atoms with Gasteiger partial charge < -0.3 is 5.32 Å². The largest absolute Gasteiger partial charge is 0.391 e. The zero-order chi connectivity index (χ0) is 13.3. The number of nitriles is 1. The average molecular weight is 234 g/mol. The second-order valence-electron chi connectivity index (χ2n) is 5.25. The van der Waals surface area contributed by atoms with Gasteiger partial charge in [0.25, 0.3) is 0 Å². The monoisotopic (exact) mass is 234 g/mol. The molecule has 0 heterocycles. The quantitative estimate of drug-likeness (QED) is 0.679. The Morgan fingerprint density at radius 1 is 1.29 bits per heavy atom. The smallest absolute Gasteiger partial charge is 0.0700 e. The predicted molar refractivity (Wildman–Crippen MR) is 74.3 cm³/mol. The standard InChI is InChI=1S/C15H26N2/c1-12(2)9-15(10-16)7-6-8-17-11-14(5)13(3)4/h6,8-9,13-15,17H,7,11H2,1-5H3/b8-6+. The van der Waals surface area contributed by atoms with E-state index in [1.165, 1.54) is 5.57 Å². The summed E-state index contributed by atoms with van der Waals surface area (Å²) in [5.74, 6) is 1.37. The van der Waals surface area contributed by atoms with Crippen LogP contribution >= 0.6 is 0 Å². The van der Waals surface area contributed by atoms with E-state index in [2.05, 4.69) is 32.2 Å². The molecule has 0 aromatic rings. The zero-order valence-electron chi connectivity index (χ0n) is 11.8. The first-order valence-electron chi connectivity index (χ1n) is 6.40. The number of nitrogens with zero attached hydrogens (tertiary/aromatic N) is 1. The molecule has 0 aliphatic carbocycles. The first-order valence-corrected chi connectivity index (χ1v) is 6.40. The van der Waals surface area contributed by atoms with E-state index in [9.17, 15) is 0 Å². The fourth-order valence-corrected chi connectivity index (χ4v) is 1.35. The number of nitrogens with one attached hydrogen (secondary N) is 1. The molecule has 2 unspecified atom stereocenters. The summed E-state index contributed by atoms with van der Waals surface area (Å²) in [5, 5.41) is 12.2. The SMILES string of the molecule is CC(C)=CC(C#N)C/C=C/NCC(C)C(C)C. The van der Waals surface area contributed by atoms with Crippen molar-refractivity contribution in [1.82, 2.24) is 5.32 Å². The highest BCUT2D eigenvalue weighted by Crippen LogP contribution is 2.09. The van der Waals surface area contributed by atoms with Crippen LogP contribution in [0.1, 0.15) is 41.0 Å². The number of hydrogen-bond donors (Lipinski definition) is 1. The lowest BCUT2D eigenvalue weighted by Gasteiger charge is -2.14. The van der Waals surface area contributed by atoms with Gasteiger partial charge in [0.05, 0.1) is 12.0 Å². The maximum absolute atomic E-state index is 8.94.